The van der Waals surface area contributed by atoms with Crippen molar-refractivity contribution in [1.82, 2.24) is 0 Å². The van der Waals surface area contributed by atoms with E-state index in [9.17, 15) is 14.4 Å². The lowest BCUT2D eigenvalue weighted by atomic mass is 10.1. The van der Waals surface area contributed by atoms with E-state index < -0.39 is 11.9 Å². The summed E-state index contributed by atoms with van der Waals surface area (Å²) in [5, 5.41) is 2.81. The molecule has 6 nitrogen and oxygen atoms in total. The number of hydrogen-bond acceptors (Lipinski definition) is 5. The van der Waals surface area contributed by atoms with E-state index in [2.05, 4.69) is 10.1 Å². The molecule has 0 saturated carbocycles. The molecule has 1 amide bonds. The van der Waals surface area contributed by atoms with Gasteiger partial charge in [0, 0.05) is 17.3 Å². The zero-order valence-electron chi connectivity index (χ0n) is 16.9. The molecule has 156 valence electrons. The SMILES string of the molecule is COC(=O)c1ccc(/C=C/C(=O)OCc2ccc(C(=O)Nc3ccccc3)cc2)cc1. The average molecular weight is 415 g/mol. The number of esters is 2. The van der Waals surface area contributed by atoms with Crippen LogP contribution in [0, 0.1) is 0 Å². The Morgan fingerprint density at radius 2 is 1.48 bits per heavy atom. The second-order valence-electron chi connectivity index (χ2n) is 6.57. The summed E-state index contributed by atoms with van der Waals surface area (Å²) in [7, 11) is 1.32. The summed E-state index contributed by atoms with van der Waals surface area (Å²) in [5.41, 5.74) is 3.17. The highest BCUT2D eigenvalue weighted by atomic mass is 16.5. The molecule has 0 unspecified atom stereocenters. The van der Waals surface area contributed by atoms with E-state index in [4.69, 9.17) is 4.74 Å². The third kappa shape index (κ3) is 6.40. The molecule has 31 heavy (non-hydrogen) atoms. The number of benzene rings is 3. The Morgan fingerprint density at radius 1 is 0.839 bits per heavy atom. The summed E-state index contributed by atoms with van der Waals surface area (Å²) < 4.78 is 9.87. The molecular weight excluding hydrogens is 394 g/mol. The largest absolute Gasteiger partial charge is 0.465 e. The van der Waals surface area contributed by atoms with Crippen molar-refractivity contribution in [2.24, 2.45) is 0 Å². The highest BCUT2D eigenvalue weighted by Crippen LogP contribution is 2.11. The smallest absolute Gasteiger partial charge is 0.337 e. The lowest BCUT2D eigenvalue weighted by molar-refractivity contribution is -0.138. The molecular formula is C25H21NO5. The number of hydrogen-bond donors (Lipinski definition) is 1. The van der Waals surface area contributed by atoms with Crippen molar-refractivity contribution in [3.05, 3.63) is 107 Å². The van der Waals surface area contributed by atoms with Crippen molar-refractivity contribution < 1.29 is 23.9 Å². The van der Waals surface area contributed by atoms with Gasteiger partial charge in [0.25, 0.3) is 5.91 Å². The Labute approximate surface area is 180 Å². The maximum Gasteiger partial charge on any atom is 0.337 e. The summed E-state index contributed by atoms with van der Waals surface area (Å²) in [6.45, 7) is 0.0883. The monoisotopic (exact) mass is 415 g/mol. The molecule has 1 N–H and O–H groups in total. The van der Waals surface area contributed by atoms with Gasteiger partial charge < -0.3 is 14.8 Å². The number of anilines is 1. The third-order valence-corrected chi connectivity index (χ3v) is 4.37. The first-order valence-electron chi connectivity index (χ1n) is 9.54. The van der Waals surface area contributed by atoms with Gasteiger partial charge in [0.2, 0.25) is 0 Å². The van der Waals surface area contributed by atoms with Gasteiger partial charge in [0.1, 0.15) is 6.61 Å². The third-order valence-electron chi connectivity index (χ3n) is 4.37. The molecule has 3 aromatic rings. The second kappa shape index (κ2) is 10.5. The normalized spacial score (nSPS) is 10.5. The van der Waals surface area contributed by atoms with Crippen molar-refractivity contribution in [3.8, 4) is 0 Å². The number of methoxy groups -OCH3 is 1. The highest BCUT2D eigenvalue weighted by molar-refractivity contribution is 6.04. The molecule has 0 heterocycles. The minimum absolute atomic E-state index is 0.0883. The molecule has 0 atom stereocenters. The Kier molecular flexibility index (Phi) is 7.32. The number of carbonyl (C=O) groups is 3. The van der Waals surface area contributed by atoms with Crippen LogP contribution in [0.25, 0.3) is 6.08 Å². The number of amides is 1. The number of carbonyl (C=O) groups excluding carboxylic acids is 3. The van der Waals surface area contributed by atoms with Crippen molar-refractivity contribution in [1.29, 1.82) is 0 Å². The zero-order chi connectivity index (χ0) is 22.1. The van der Waals surface area contributed by atoms with Crippen LogP contribution in [0.15, 0.2) is 84.9 Å². The standard InChI is InChI=1S/C25H21NO5/c1-30-25(29)21-14-7-18(8-15-21)11-16-23(27)31-17-19-9-12-20(13-10-19)24(28)26-22-5-3-2-4-6-22/h2-16H,17H2,1H3,(H,26,28)/b16-11+. The van der Waals surface area contributed by atoms with Gasteiger partial charge in [0.15, 0.2) is 0 Å². The molecule has 3 aromatic carbocycles. The first kappa shape index (κ1) is 21.5. The van der Waals surface area contributed by atoms with Gasteiger partial charge in [-0.2, -0.15) is 0 Å². The van der Waals surface area contributed by atoms with Crippen LogP contribution in [-0.4, -0.2) is 25.0 Å². The fourth-order valence-electron chi connectivity index (χ4n) is 2.69. The minimum atomic E-state index is -0.497. The molecule has 0 bridgehead atoms. The molecule has 3 rings (SSSR count). The summed E-state index contributed by atoms with van der Waals surface area (Å²) in [5.74, 6) is -1.13. The van der Waals surface area contributed by atoms with E-state index in [1.807, 2.05) is 30.3 Å². The fourth-order valence-corrected chi connectivity index (χ4v) is 2.69. The van der Waals surface area contributed by atoms with Crippen molar-refractivity contribution >= 4 is 29.6 Å². The van der Waals surface area contributed by atoms with Gasteiger partial charge in [-0.25, -0.2) is 9.59 Å². The maximum atomic E-state index is 12.3. The van der Waals surface area contributed by atoms with Crippen molar-refractivity contribution in [2.75, 3.05) is 12.4 Å². The second-order valence-corrected chi connectivity index (χ2v) is 6.57. The Balaban J connectivity index is 1.49. The van der Waals surface area contributed by atoms with Crippen LogP contribution in [0.3, 0.4) is 0 Å². The number of para-hydroxylation sites is 1. The summed E-state index contributed by atoms with van der Waals surface area (Å²) in [6, 6.07) is 22.7. The van der Waals surface area contributed by atoms with Gasteiger partial charge in [-0.1, -0.05) is 42.5 Å². The van der Waals surface area contributed by atoms with Crippen LogP contribution < -0.4 is 5.32 Å². The van der Waals surface area contributed by atoms with Crippen LogP contribution in [0.4, 0.5) is 5.69 Å². The van der Waals surface area contributed by atoms with Gasteiger partial charge >= 0.3 is 11.9 Å². The quantitative estimate of drug-likeness (QED) is 0.454. The van der Waals surface area contributed by atoms with E-state index in [1.54, 1.807) is 54.6 Å². The predicted octanol–water partition coefficient (Wildman–Crippen LogP) is 4.48. The van der Waals surface area contributed by atoms with E-state index >= 15 is 0 Å². The maximum absolute atomic E-state index is 12.3. The molecule has 0 aliphatic rings. The first-order valence-corrected chi connectivity index (χ1v) is 9.54. The Morgan fingerprint density at radius 3 is 2.13 bits per heavy atom. The number of ether oxygens (including phenoxy) is 2. The number of nitrogens with one attached hydrogen (secondary N) is 1. The van der Waals surface area contributed by atoms with Crippen LogP contribution in [0.1, 0.15) is 31.8 Å². The van der Waals surface area contributed by atoms with Crippen LogP contribution in [-0.2, 0) is 20.9 Å². The van der Waals surface area contributed by atoms with Crippen LogP contribution >= 0.6 is 0 Å². The summed E-state index contributed by atoms with van der Waals surface area (Å²) in [6.07, 6.45) is 2.91. The van der Waals surface area contributed by atoms with E-state index in [0.717, 1.165) is 16.8 Å². The van der Waals surface area contributed by atoms with Gasteiger partial charge in [-0.15, -0.1) is 0 Å². The van der Waals surface area contributed by atoms with E-state index in [0.29, 0.717) is 11.1 Å². The van der Waals surface area contributed by atoms with Crippen molar-refractivity contribution in [2.45, 2.75) is 6.61 Å². The molecule has 0 aliphatic carbocycles. The molecule has 0 fully saturated rings. The Bertz CT molecular complexity index is 1070. The van der Waals surface area contributed by atoms with E-state index in [-0.39, 0.29) is 12.5 Å². The van der Waals surface area contributed by atoms with Crippen molar-refractivity contribution in [3.63, 3.8) is 0 Å². The lowest BCUT2D eigenvalue weighted by Crippen LogP contribution is -2.11. The Hall–Kier alpha value is -4.19. The van der Waals surface area contributed by atoms with Crippen LogP contribution in [0.2, 0.25) is 0 Å². The highest BCUT2D eigenvalue weighted by Gasteiger charge is 2.07. The molecule has 0 radical (unpaired) electrons. The van der Waals surface area contributed by atoms with Crippen LogP contribution in [0.5, 0.6) is 0 Å². The average Bonchev–Trinajstić information content (AvgIpc) is 2.82. The van der Waals surface area contributed by atoms with Gasteiger partial charge in [-0.3, -0.25) is 4.79 Å². The summed E-state index contributed by atoms with van der Waals surface area (Å²) >= 11 is 0. The van der Waals surface area contributed by atoms with Gasteiger partial charge in [0.05, 0.1) is 12.7 Å². The predicted molar refractivity (Wildman–Crippen MR) is 117 cm³/mol. The fraction of sp³-hybridized carbons (Fsp3) is 0.0800. The molecule has 6 heteroatoms. The molecule has 0 aliphatic heterocycles. The van der Waals surface area contributed by atoms with E-state index in [1.165, 1.54) is 13.2 Å². The number of rotatable bonds is 7. The lowest BCUT2D eigenvalue weighted by Gasteiger charge is -2.06. The molecule has 0 aromatic heterocycles. The minimum Gasteiger partial charge on any atom is -0.465 e. The summed E-state index contributed by atoms with van der Waals surface area (Å²) in [4.78, 5) is 35.6. The molecule has 0 saturated heterocycles. The first-order chi connectivity index (χ1) is 15.0. The molecule has 0 spiro atoms. The topological polar surface area (TPSA) is 81.7 Å². The zero-order valence-corrected chi connectivity index (χ0v) is 16.9. The van der Waals surface area contributed by atoms with Gasteiger partial charge in [-0.05, 0) is 53.6 Å².